The zero-order valence-electron chi connectivity index (χ0n) is 12.3. The van der Waals surface area contributed by atoms with Crippen LogP contribution in [0, 0.1) is 5.92 Å². The van der Waals surface area contributed by atoms with Crippen LogP contribution in [0.15, 0.2) is 29.1 Å². The van der Waals surface area contributed by atoms with E-state index in [4.69, 9.17) is 4.42 Å². The van der Waals surface area contributed by atoms with Crippen LogP contribution in [0.3, 0.4) is 0 Å². The summed E-state index contributed by atoms with van der Waals surface area (Å²) in [4.78, 5) is 12.1. The van der Waals surface area contributed by atoms with Gasteiger partial charge in [-0.25, -0.2) is 0 Å². The standard InChI is InChI=1S/C15H20N4O2/c1-10(2)14-18-17-9-19(14)6-5-16-15(20)12-8-11(12)13-4-3-7-21-13/h3-4,7,9-12H,5-6,8H2,1-2H3,(H,16,20)/t11-,12+/m1/s1. The van der Waals surface area contributed by atoms with Gasteiger partial charge in [0.15, 0.2) is 0 Å². The highest BCUT2D eigenvalue weighted by atomic mass is 16.3. The van der Waals surface area contributed by atoms with Crippen LogP contribution < -0.4 is 5.32 Å². The Morgan fingerprint density at radius 2 is 2.43 bits per heavy atom. The number of carbonyl (C=O) groups is 1. The number of amides is 1. The topological polar surface area (TPSA) is 73.0 Å². The second-order valence-electron chi connectivity index (χ2n) is 5.79. The number of hydrogen-bond acceptors (Lipinski definition) is 4. The maximum atomic E-state index is 12.1. The summed E-state index contributed by atoms with van der Waals surface area (Å²) in [7, 11) is 0. The summed E-state index contributed by atoms with van der Waals surface area (Å²) < 4.78 is 7.33. The fourth-order valence-corrected chi connectivity index (χ4v) is 2.62. The van der Waals surface area contributed by atoms with Crippen LogP contribution in [0.4, 0.5) is 0 Å². The maximum Gasteiger partial charge on any atom is 0.223 e. The molecule has 0 aliphatic heterocycles. The van der Waals surface area contributed by atoms with Crippen LogP contribution in [0.25, 0.3) is 0 Å². The molecule has 6 nitrogen and oxygen atoms in total. The average molecular weight is 288 g/mol. The number of nitrogens with one attached hydrogen (secondary N) is 1. The zero-order chi connectivity index (χ0) is 14.8. The summed E-state index contributed by atoms with van der Waals surface area (Å²) in [6.07, 6.45) is 4.25. The summed E-state index contributed by atoms with van der Waals surface area (Å²) >= 11 is 0. The zero-order valence-corrected chi connectivity index (χ0v) is 12.3. The fraction of sp³-hybridized carbons (Fsp3) is 0.533. The molecule has 1 aliphatic carbocycles. The summed E-state index contributed by atoms with van der Waals surface area (Å²) in [5.41, 5.74) is 0. The first-order chi connectivity index (χ1) is 10.2. The van der Waals surface area contributed by atoms with E-state index in [0.29, 0.717) is 19.0 Å². The van der Waals surface area contributed by atoms with Gasteiger partial charge in [-0.3, -0.25) is 4.79 Å². The molecule has 0 radical (unpaired) electrons. The largest absolute Gasteiger partial charge is 0.469 e. The van der Waals surface area contributed by atoms with E-state index in [0.717, 1.165) is 18.0 Å². The highest BCUT2D eigenvalue weighted by molar-refractivity contribution is 5.82. The lowest BCUT2D eigenvalue weighted by molar-refractivity contribution is -0.122. The van der Waals surface area contributed by atoms with Crippen molar-refractivity contribution in [2.75, 3.05) is 6.54 Å². The molecule has 2 heterocycles. The fourth-order valence-electron chi connectivity index (χ4n) is 2.62. The van der Waals surface area contributed by atoms with Crippen LogP contribution in [0.1, 0.15) is 43.7 Å². The molecule has 0 bridgehead atoms. The van der Waals surface area contributed by atoms with Gasteiger partial charge in [0.25, 0.3) is 0 Å². The van der Waals surface area contributed by atoms with Gasteiger partial charge in [0.2, 0.25) is 5.91 Å². The minimum absolute atomic E-state index is 0.0571. The molecule has 1 amide bonds. The lowest BCUT2D eigenvalue weighted by Gasteiger charge is -2.09. The highest BCUT2D eigenvalue weighted by Gasteiger charge is 2.45. The van der Waals surface area contributed by atoms with E-state index < -0.39 is 0 Å². The van der Waals surface area contributed by atoms with E-state index in [1.54, 1.807) is 12.6 Å². The van der Waals surface area contributed by atoms with E-state index in [-0.39, 0.29) is 17.7 Å². The minimum atomic E-state index is 0.0571. The quantitative estimate of drug-likeness (QED) is 0.881. The molecule has 0 saturated heterocycles. The first-order valence-corrected chi connectivity index (χ1v) is 7.35. The molecule has 0 unspecified atom stereocenters. The average Bonchev–Trinajstić information content (AvgIpc) is 2.90. The van der Waals surface area contributed by atoms with Crippen LogP contribution in [-0.2, 0) is 11.3 Å². The highest BCUT2D eigenvalue weighted by Crippen LogP contribution is 2.47. The van der Waals surface area contributed by atoms with Gasteiger partial charge in [-0.1, -0.05) is 13.8 Å². The van der Waals surface area contributed by atoms with Gasteiger partial charge >= 0.3 is 0 Å². The maximum absolute atomic E-state index is 12.1. The molecule has 1 saturated carbocycles. The summed E-state index contributed by atoms with van der Waals surface area (Å²) in [6, 6.07) is 3.80. The molecule has 2 aromatic rings. The molecule has 112 valence electrons. The third-order valence-corrected chi connectivity index (χ3v) is 3.85. The minimum Gasteiger partial charge on any atom is -0.469 e. The smallest absolute Gasteiger partial charge is 0.223 e. The molecular formula is C15H20N4O2. The lowest BCUT2D eigenvalue weighted by atomic mass is 10.2. The van der Waals surface area contributed by atoms with Crippen LogP contribution in [0.2, 0.25) is 0 Å². The van der Waals surface area contributed by atoms with Gasteiger partial charge in [0, 0.05) is 30.8 Å². The summed E-state index contributed by atoms with van der Waals surface area (Å²) in [5, 5.41) is 11.0. The SMILES string of the molecule is CC(C)c1nncn1CCNC(=O)[C@H]1C[C@H]1c1ccco1. The molecule has 2 aromatic heterocycles. The second-order valence-corrected chi connectivity index (χ2v) is 5.79. The Morgan fingerprint density at radius 3 is 3.14 bits per heavy atom. The Morgan fingerprint density at radius 1 is 1.57 bits per heavy atom. The number of hydrogen-bond donors (Lipinski definition) is 1. The van der Waals surface area contributed by atoms with E-state index in [1.165, 1.54) is 0 Å². The molecule has 1 N–H and O–H groups in total. The van der Waals surface area contributed by atoms with Crippen molar-refractivity contribution in [3.63, 3.8) is 0 Å². The summed E-state index contributed by atoms with van der Waals surface area (Å²) in [5.74, 6) is 2.61. The van der Waals surface area contributed by atoms with Gasteiger partial charge in [-0.2, -0.15) is 0 Å². The number of carbonyl (C=O) groups excluding carboxylic acids is 1. The number of nitrogens with zero attached hydrogens (tertiary/aromatic N) is 3. The first kappa shape index (κ1) is 13.9. The third kappa shape index (κ3) is 2.99. The van der Waals surface area contributed by atoms with Gasteiger partial charge < -0.3 is 14.3 Å². The molecule has 3 rings (SSSR count). The Bertz CT molecular complexity index is 603. The lowest BCUT2D eigenvalue weighted by Crippen LogP contribution is -2.29. The summed E-state index contributed by atoms with van der Waals surface area (Å²) in [6.45, 7) is 5.46. The molecule has 1 fully saturated rings. The molecule has 0 aromatic carbocycles. The third-order valence-electron chi connectivity index (χ3n) is 3.85. The Kier molecular flexibility index (Phi) is 3.77. The Hall–Kier alpha value is -2.11. The predicted molar refractivity (Wildman–Crippen MR) is 76.7 cm³/mol. The molecule has 1 aliphatic rings. The van der Waals surface area contributed by atoms with Crippen molar-refractivity contribution < 1.29 is 9.21 Å². The number of aromatic nitrogens is 3. The van der Waals surface area contributed by atoms with Crippen molar-refractivity contribution in [1.29, 1.82) is 0 Å². The van der Waals surface area contributed by atoms with Crippen molar-refractivity contribution in [2.45, 2.75) is 38.6 Å². The molecule has 6 heteroatoms. The van der Waals surface area contributed by atoms with Crippen molar-refractivity contribution in [1.82, 2.24) is 20.1 Å². The van der Waals surface area contributed by atoms with E-state index in [9.17, 15) is 4.79 Å². The molecule has 0 spiro atoms. The van der Waals surface area contributed by atoms with Crippen molar-refractivity contribution in [2.24, 2.45) is 5.92 Å². The van der Waals surface area contributed by atoms with Crippen LogP contribution >= 0.6 is 0 Å². The van der Waals surface area contributed by atoms with Gasteiger partial charge in [0.05, 0.1) is 6.26 Å². The van der Waals surface area contributed by atoms with Gasteiger partial charge in [-0.15, -0.1) is 10.2 Å². The Labute approximate surface area is 123 Å². The predicted octanol–water partition coefficient (Wildman–Crippen LogP) is 1.91. The Balaban J connectivity index is 1.46. The van der Waals surface area contributed by atoms with E-state index >= 15 is 0 Å². The van der Waals surface area contributed by atoms with Crippen molar-refractivity contribution in [3.05, 3.63) is 36.3 Å². The van der Waals surface area contributed by atoms with E-state index in [2.05, 4.69) is 29.4 Å². The van der Waals surface area contributed by atoms with E-state index in [1.807, 2.05) is 16.7 Å². The van der Waals surface area contributed by atoms with Crippen molar-refractivity contribution >= 4 is 5.91 Å². The normalized spacial score (nSPS) is 20.7. The molecular weight excluding hydrogens is 268 g/mol. The first-order valence-electron chi connectivity index (χ1n) is 7.35. The number of rotatable bonds is 6. The van der Waals surface area contributed by atoms with Crippen LogP contribution in [-0.4, -0.2) is 27.2 Å². The van der Waals surface area contributed by atoms with Gasteiger partial charge in [0.1, 0.15) is 17.9 Å². The monoisotopic (exact) mass is 288 g/mol. The molecule has 2 atom stereocenters. The van der Waals surface area contributed by atoms with Crippen molar-refractivity contribution in [3.8, 4) is 0 Å². The molecule has 21 heavy (non-hydrogen) atoms. The van der Waals surface area contributed by atoms with Crippen LogP contribution in [0.5, 0.6) is 0 Å². The second kappa shape index (κ2) is 5.71. The number of furan rings is 1. The van der Waals surface area contributed by atoms with Gasteiger partial charge in [-0.05, 0) is 18.6 Å².